The minimum absolute atomic E-state index is 0.0533. The van der Waals surface area contributed by atoms with E-state index >= 15 is 0 Å². The van der Waals surface area contributed by atoms with Crippen molar-refractivity contribution in [1.29, 1.82) is 5.41 Å². The van der Waals surface area contributed by atoms with E-state index < -0.39 is 0 Å². The molecule has 82 valence electrons. The fourth-order valence-electron chi connectivity index (χ4n) is 2.08. The van der Waals surface area contributed by atoms with Gasteiger partial charge < -0.3 is 5.41 Å². The van der Waals surface area contributed by atoms with Crippen molar-refractivity contribution >= 4 is 11.5 Å². The molecule has 0 amide bonds. The Hall–Kier alpha value is -1.18. The Morgan fingerprint density at radius 3 is 2.93 bits per heavy atom. The van der Waals surface area contributed by atoms with Crippen molar-refractivity contribution in [2.75, 3.05) is 0 Å². The molecule has 0 aromatic rings. The van der Waals surface area contributed by atoms with Crippen molar-refractivity contribution in [3.63, 3.8) is 0 Å². The standard InChI is InChI=1S/C13H19NO/c1-4-13(15)12-8-11(14)6-5-10(12)7-9(2)3/h4-6,9-10,12,14H,1,7-8H2,2-3H3. The molecule has 0 fully saturated rings. The first-order valence-electron chi connectivity index (χ1n) is 5.46. The molecule has 1 rings (SSSR count). The van der Waals surface area contributed by atoms with Crippen LogP contribution in [0.3, 0.4) is 0 Å². The van der Waals surface area contributed by atoms with E-state index in [0.717, 1.165) is 6.42 Å². The maximum absolute atomic E-state index is 11.7. The Morgan fingerprint density at radius 1 is 1.73 bits per heavy atom. The molecule has 0 saturated carbocycles. The Labute approximate surface area is 91.6 Å². The third-order valence-corrected chi connectivity index (χ3v) is 2.81. The zero-order valence-electron chi connectivity index (χ0n) is 9.49. The van der Waals surface area contributed by atoms with Gasteiger partial charge >= 0.3 is 0 Å². The van der Waals surface area contributed by atoms with E-state index in [1.807, 2.05) is 12.2 Å². The van der Waals surface area contributed by atoms with Crippen molar-refractivity contribution in [3.8, 4) is 0 Å². The van der Waals surface area contributed by atoms with E-state index in [1.165, 1.54) is 6.08 Å². The van der Waals surface area contributed by atoms with E-state index in [2.05, 4.69) is 20.4 Å². The number of nitrogens with one attached hydrogen (secondary N) is 1. The van der Waals surface area contributed by atoms with Gasteiger partial charge in [0.2, 0.25) is 0 Å². The molecule has 0 spiro atoms. The lowest BCUT2D eigenvalue weighted by Gasteiger charge is -2.27. The van der Waals surface area contributed by atoms with Crippen LogP contribution in [0.4, 0.5) is 0 Å². The quantitative estimate of drug-likeness (QED) is 0.704. The lowest BCUT2D eigenvalue weighted by Crippen LogP contribution is -2.27. The minimum atomic E-state index is -0.0533. The van der Waals surface area contributed by atoms with Crippen molar-refractivity contribution < 1.29 is 4.79 Å². The monoisotopic (exact) mass is 205 g/mol. The molecule has 1 N–H and O–H groups in total. The molecule has 2 heteroatoms. The predicted molar refractivity (Wildman–Crippen MR) is 63.1 cm³/mol. The van der Waals surface area contributed by atoms with E-state index in [0.29, 0.717) is 18.1 Å². The summed E-state index contributed by atoms with van der Waals surface area (Å²) in [6, 6.07) is 0. The van der Waals surface area contributed by atoms with Crippen LogP contribution in [0, 0.1) is 23.2 Å². The number of allylic oxidation sites excluding steroid dienone is 3. The molecule has 0 saturated heterocycles. The van der Waals surface area contributed by atoms with Crippen LogP contribution in [0.25, 0.3) is 0 Å². The van der Waals surface area contributed by atoms with E-state index in [1.54, 1.807) is 0 Å². The topological polar surface area (TPSA) is 40.9 Å². The molecule has 2 unspecified atom stereocenters. The van der Waals surface area contributed by atoms with Crippen LogP contribution in [-0.2, 0) is 4.79 Å². The summed E-state index contributed by atoms with van der Waals surface area (Å²) >= 11 is 0. The summed E-state index contributed by atoms with van der Waals surface area (Å²) in [5.74, 6) is 0.883. The van der Waals surface area contributed by atoms with Gasteiger partial charge in [0.1, 0.15) is 0 Å². The van der Waals surface area contributed by atoms with Crippen molar-refractivity contribution in [3.05, 3.63) is 24.8 Å². The molecule has 1 aliphatic rings. The molecule has 2 atom stereocenters. The van der Waals surface area contributed by atoms with Gasteiger partial charge in [0, 0.05) is 11.6 Å². The van der Waals surface area contributed by atoms with Crippen molar-refractivity contribution in [2.24, 2.45) is 17.8 Å². The molecule has 0 aromatic carbocycles. The van der Waals surface area contributed by atoms with E-state index in [-0.39, 0.29) is 17.6 Å². The van der Waals surface area contributed by atoms with Crippen molar-refractivity contribution in [2.45, 2.75) is 26.7 Å². The summed E-state index contributed by atoms with van der Waals surface area (Å²) in [6.45, 7) is 7.84. The number of carbonyl (C=O) groups excluding carboxylic acids is 1. The lowest BCUT2D eigenvalue weighted by atomic mass is 9.76. The fourth-order valence-corrected chi connectivity index (χ4v) is 2.08. The first kappa shape index (κ1) is 11.9. The van der Waals surface area contributed by atoms with Crippen LogP contribution in [-0.4, -0.2) is 11.5 Å². The average Bonchev–Trinajstić information content (AvgIpc) is 2.19. The van der Waals surface area contributed by atoms with Crippen LogP contribution in [0.5, 0.6) is 0 Å². The van der Waals surface area contributed by atoms with Crippen LogP contribution in [0.2, 0.25) is 0 Å². The Kier molecular flexibility index (Phi) is 4.01. The third kappa shape index (κ3) is 3.15. The molecular weight excluding hydrogens is 186 g/mol. The Balaban J connectivity index is 2.80. The van der Waals surface area contributed by atoms with Crippen LogP contribution in [0.1, 0.15) is 26.7 Å². The maximum Gasteiger partial charge on any atom is 0.159 e. The molecule has 2 nitrogen and oxygen atoms in total. The van der Waals surface area contributed by atoms with Gasteiger partial charge in [-0.3, -0.25) is 4.79 Å². The van der Waals surface area contributed by atoms with Crippen molar-refractivity contribution in [1.82, 2.24) is 0 Å². The van der Waals surface area contributed by atoms with E-state index in [4.69, 9.17) is 5.41 Å². The van der Waals surface area contributed by atoms with Gasteiger partial charge in [-0.1, -0.05) is 26.5 Å². The van der Waals surface area contributed by atoms with Crippen LogP contribution in [0.15, 0.2) is 24.8 Å². The SMILES string of the molecule is C=CC(=O)C1CC(=N)C=CC1CC(C)C. The second-order valence-corrected chi connectivity index (χ2v) is 4.59. The number of rotatable bonds is 4. The summed E-state index contributed by atoms with van der Waals surface area (Å²) in [5.41, 5.74) is 0.551. The summed E-state index contributed by atoms with van der Waals surface area (Å²) in [4.78, 5) is 11.7. The largest absolute Gasteiger partial charge is 0.305 e. The fraction of sp³-hybridized carbons (Fsp3) is 0.538. The molecule has 15 heavy (non-hydrogen) atoms. The smallest absolute Gasteiger partial charge is 0.159 e. The zero-order chi connectivity index (χ0) is 11.4. The average molecular weight is 205 g/mol. The highest BCUT2D eigenvalue weighted by Gasteiger charge is 2.28. The van der Waals surface area contributed by atoms with Gasteiger partial charge in [0.25, 0.3) is 0 Å². The van der Waals surface area contributed by atoms with Gasteiger partial charge in [-0.25, -0.2) is 0 Å². The summed E-state index contributed by atoms with van der Waals surface area (Å²) in [7, 11) is 0. The highest BCUT2D eigenvalue weighted by molar-refractivity contribution is 6.00. The molecule has 0 aliphatic heterocycles. The van der Waals surface area contributed by atoms with Crippen LogP contribution < -0.4 is 0 Å². The second kappa shape index (κ2) is 5.06. The normalized spacial score (nSPS) is 25.7. The van der Waals surface area contributed by atoms with Gasteiger partial charge in [0.05, 0.1) is 0 Å². The highest BCUT2D eigenvalue weighted by Crippen LogP contribution is 2.29. The van der Waals surface area contributed by atoms with Gasteiger partial charge in [-0.15, -0.1) is 0 Å². The first-order chi connectivity index (χ1) is 7.04. The number of ketones is 1. The predicted octanol–water partition coefficient (Wildman–Crippen LogP) is 3.00. The molecule has 0 heterocycles. The van der Waals surface area contributed by atoms with Gasteiger partial charge in [-0.05, 0) is 36.8 Å². The molecule has 1 aliphatic carbocycles. The summed E-state index contributed by atoms with van der Waals surface area (Å²) in [6.07, 6.45) is 6.81. The molecular formula is C13H19NO. The van der Waals surface area contributed by atoms with E-state index in [9.17, 15) is 4.79 Å². The highest BCUT2D eigenvalue weighted by atomic mass is 16.1. The van der Waals surface area contributed by atoms with Crippen LogP contribution >= 0.6 is 0 Å². The minimum Gasteiger partial charge on any atom is -0.305 e. The molecule has 0 aromatic heterocycles. The number of hydrogen-bond donors (Lipinski definition) is 1. The first-order valence-corrected chi connectivity index (χ1v) is 5.46. The van der Waals surface area contributed by atoms with Gasteiger partial charge in [0.15, 0.2) is 5.78 Å². The maximum atomic E-state index is 11.7. The third-order valence-electron chi connectivity index (χ3n) is 2.81. The van der Waals surface area contributed by atoms with Gasteiger partial charge in [-0.2, -0.15) is 0 Å². The summed E-state index contributed by atoms with van der Waals surface area (Å²) < 4.78 is 0. The molecule has 0 bridgehead atoms. The number of hydrogen-bond acceptors (Lipinski definition) is 2. The molecule has 0 radical (unpaired) electrons. The Bertz CT molecular complexity index is 302. The second-order valence-electron chi connectivity index (χ2n) is 4.59. The zero-order valence-corrected chi connectivity index (χ0v) is 9.49. The lowest BCUT2D eigenvalue weighted by molar-refractivity contribution is -0.119. The number of carbonyl (C=O) groups is 1. The summed E-state index contributed by atoms with van der Waals surface area (Å²) in [5, 5.41) is 7.59. The Morgan fingerprint density at radius 2 is 2.40 bits per heavy atom.